The summed E-state index contributed by atoms with van der Waals surface area (Å²) in [6.07, 6.45) is 5.46. The van der Waals surface area contributed by atoms with E-state index in [1.54, 1.807) is 6.08 Å². The molecular formula is C18H26O4. The summed E-state index contributed by atoms with van der Waals surface area (Å²) in [5.74, 6) is 0.734. The van der Waals surface area contributed by atoms with Crippen molar-refractivity contribution < 1.29 is 19.4 Å². The van der Waals surface area contributed by atoms with E-state index in [0.29, 0.717) is 31.5 Å². The molecule has 22 heavy (non-hydrogen) atoms. The fraction of sp³-hybridized carbons (Fsp3) is 0.833. The van der Waals surface area contributed by atoms with E-state index < -0.39 is 11.9 Å². The molecule has 4 heteroatoms. The van der Waals surface area contributed by atoms with E-state index in [1.165, 1.54) is 0 Å². The molecule has 4 rings (SSSR count). The molecule has 2 saturated carbocycles. The highest BCUT2D eigenvalue weighted by molar-refractivity contribution is 5.91. The van der Waals surface area contributed by atoms with Crippen molar-refractivity contribution in [1.29, 1.82) is 0 Å². The van der Waals surface area contributed by atoms with Crippen molar-refractivity contribution in [2.75, 3.05) is 13.2 Å². The third kappa shape index (κ3) is 1.90. The van der Waals surface area contributed by atoms with Gasteiger partial charge in [0, 0.05) is 18.8 Å². The standard InChI is InChI=1S/C18H26O4/c1-11-15-10-16(20)13-9-12(19)3-4-14(13)17(15,2)5-6-18(11)21-7-8-22-18/h9,11,14-16,20H,3-8,10H2,1-2H3. The predicted molar refractivity (Wildman–Crippen MR) is 81.1 cm³/mol. The molecule has 0 radical (unpaired) electrons. The number of aliphatic hydroxyl groups is 1. The van der Waals surface area contributed by atoms with Crippen molar-refractivity contribution >= 4 is 5.78 Å². The van der Waals surface area contributed by atoms with Gasteiger partial charge < -0.3 is 14.6 Å². The van der Waals surface area contributed by atoms with Gasteiger partial charge >= 0.3 is 0 Å². The molecule has 0 amide bonds. The maximum absolute atomic E-state index is 11.8. The first kappa shape index (κ1) is 14.9. The summed E-state index contributed by atoms with van der Waals surface area (Å²) < 4.78 is 12.0. The smallest absolute Gasteiger partial charge is 0.171 e. The van der Waals surface area contributed by atoms with Gasteiger partial charge in [0.1, 0.15) is 0 Å². The number of hydrogen-bond acceptors (Lipinski definition) is 4. The van der Waals surface area contributed by atoms with Crippen LogP contribution in [0.1, 0.15) is 46.0 Å². The lowest BCUT2D eigenvalue weighted by molar-refractivity contribution is -0.254. The van der Waals surface area contributed by atoms with Crippen LogP contribution in [0.3, 0.4) is 0 Å². The minimum Gasteiger partial charge on any atom is -0.389 e. The zero-order valence-electron chi connectivity index (χ0n) is 13.5. The first-order valence-electron chi connectivity index (χ1n) is 8.66. The lowest BCUT2D eigenvalue weighted by Gasteiger charge is -2.59. The van der Waals surface area contributed by atoms with E-state index in [1.807, 2.05) is 0 Å². The number of hydrogen-bond donors (Lipinski definition) is 1. The summed E-state index contributed by atoms with van der Waals surface area (Å²) in [6, 6.07) is 0. The van der Waals surface area contributed by atoms with Crippen LogP contribution in [-0.4, -0.2) is 36.0 Å². The molecule has 3 aliphatic carbocycles. The average molecular weight is 306 g/mol. The van der Waals surface area contributed by atoms with Gasteiger partial charge in [0.2, 0.25) is 0 Å². The second-order valence-corrected chi connectivity index (χ2v) is 7.86. The lowest BCUT2D eigenvalue weighted by atomic mass is 9.48. The highest BCUT2D eigenvalue weighted by atomic mass is 16.7. The van der Waals surface area contributed by atoms with Gasteiger partial charge in [-0.25, -0.2) is 0 Å². The fourth-order valence-electron chi connectivity index (χ4n) is 5.75. The molecule has 0 aromatic carbocycles. The third-order valence-electron chi connectivity index (χ3n) is 7.00. The van der Waals surface area contributed by atoms with Gasteiger partial charge in [-0.3, -0.25) is 4.79 Å². The molecule has 1 saturated heterocycles. The van der Waals surface area contributed by atoms with Gasteiger partial charge in [0.05, 0.1) is 19.3 Å². The molecule has 3 fully saturated rings. The first-order chi connectivity index (χ1) is 10.5. The minimum absolute atomic E-state index is 0.145. The van der Waals surface area contributed by atoms with Crippen LogP contribution in [0.2, 0.25) is 0 Å². The second kappa shape index (κ2) is 4.89. The summed E-state index contributed by atoms with van der Waals surface area (Å²) in [4.78, 5) is 11.8. The van der Waals surface area contributed by atoms with Crippen LogP contribution in [-0.2, 0) is 14.3 Å². The van der Waals surface area contributed by atoms with Gasteiger partial charge in [0.15, 0.2) is 11.6 Å². The third-order valence-corrected chi connectivity index (χ3v) is 7.00. The molecule has 0 aromatic rings. The molecular weight excluding hydrogens is 280 g/mol. The van der Waals surface area contributed by atoms with Crippen LogP contribution in [0.15, 0.2) is 11.6 Å². The lowest BCUT2D eigenvalue weighted by Crippen LogP contribution is -2.58. The van der Waals surface area contributed by atoms with Crippen LogP contribution in [0.4, 0.5) is 0 Å². The van der Waals surface area contributed by atoms with Crippen LogP contribution in [0.5, 0.6) is 0 Å². The molecule has 5 unspecified atom stereocenters. The van der Waals surface area contributed by atoms with Gasteiger partial charge in [-0.1, -0.05) is 13.8 Å². The van der Waals surface area contributed by atoms with Crippen molar-refractivity contribution in [1.82, 2.24) is 0 Å². The molecule has 1 heterocycles. The quantitative estimate of drug-likeness (QED) is 0.747. The number of carbonyl (C=O) groups excluding carboxylic acids is 1. The topological polar surface area (TPSA) is 55.8 Å². The Labute approximate surface area is 131 Å². The first-order valence-corrected chi connectivity index (χ1v) is 8.66. The molecule has 4 nitrogen and oxygen atoms in total. The largest absolute Gasteiger partial charge is 0.389 e. The van der Waals surface area contributed by atoms with Gasteiger partial charge in [0.25, 0.3) is 0 Å². The van der Waals surface area contributed by atoms with E-state index in [2.05, 4.69) is 13.8 Å². The summed E-state index contributed by atoms with van der Waals surface area (Å²) in [5.41, 5.74) is 1.14. The summed E-state index contributed by atoms with van der Waals surface area (Å²) >= 11 is 0. The molecule has 1 spiro atoms. The minimum atomic E-state index is -0.480. The van der Waals surface area contributed by atoms with E-state index in [0.717, 1.165) is 31.3 Å². The maximum Gasteiger partial charge on any atom is 0.171 e. The molecule has 4 aliphatic rings. The Balaban J connectivity index is 1.70. The molecule has 122 valence electrons. The Hall–Kier alpha value is -0.710. The van der Waals surface area contributed by atoms with Crippen molar-refractivity contribution in [3.05, 3.63) is 11.6 Å². The fourth-order valence-corrected chi connectivity index (χ4v) is 5.75. The van der Waals surface area contributed by atoms with E-state index in [9.17, 15) is 9.90 Å². The Morgan fingerprint density at radius 3 is 2.73 bits per heavy atom. The number of allylic oxidation sites excluding steroid dienone is 1. The van der Waals surface area contributed by atoms with E-state index in [4.69, 9.17) is 9.47 Å². The predicted octanol–water partition coefficient (Wildman–Crippen LogP) is 2.45. The van der Waals surface area contributed by atoms with Crippen molar-refractivity contribution in [2.24, 2.45) is 23.2 Å². The highest BCUT2D eigenvalue weighted by Crippen LogP contribution is 2.62. The van der Waals surface area contributed by atoms with E-state index >= 15 is 0 Å². The van der Waals surface area contributed by atoms with Crippen LogP contribution < -0.4 is 0 Å². The Morgan fingerprint density at radius 1 is 1.27 bits per heavy atom. The van der Waals surface area contributed by atoms with E-state index in [-0.39, 0.29) is 17.1 Å². The molecule has 5 atom stereocenters. The van der Waals surface area contributed by atoms with Crippen LogP contribution in [0, 0.1) is 23.2 Å². The maximum atomic E-state index is 11.8. The van der Waals surface area contributed by atoms with Gasteiger partial charge in [-0.15, -0.1) is 0 Å². The summed E-state index contributed by atoms with van der Waals surface area (Å²) in [6.45, 7) is 5.94. The SMILES string of the molecule is CC1C2CC(O)C3=CC(=O)CCC3C2(C)CCC12OCCO2. The zero-order chi connectivity index (χ0) is 15.5. The van der Waals surface area contributed by atoms with Gasteiger partial charge in [-0.2, -0.15) is 0 Å². The number of rotatable bonds is 0. The Morgan fingerprint density at radius 2 is 2.00 bits per heavy atom. The number of fused-ring (bicyclic) bond motifs is 3. The van der Waals surface area contributed by atoms with Crippen LogP contribution in [0.25, 0.3) is 0 Å². The van der Waals surface area contributed by atoms with Gasteiger partial charge in [-0.05, 0) is 48.2 Å². The van der Waals surface area contributed by atoms with Crippen LogP contribution >= 0.6 is 0 Å². The molecule has 1 N–H and O–H groups in total. The van der Waals surface area contributed by atoms with Crippen molar-refractivity contribution in [2.45, 2.75) is 57.8 Å². The number of ether oxygens (including phenoxy) is 2. The second-order valence-electron chi connectivity index (χ2n) is 7.86. The Kier molecular flexibility index (Phi) is 3.30. The molecule has 0 bridgehead atoms. The monoisotopic (exact) mass is 306 g/mol. The zero-order valence-corrected chi connectivity index (χ0v) is 13.5. The Bertz CT molecular complexity index is 519. The summed E-state index contributed by atoms with van der Waals surface area (Å²) in [7, 11) is 0. The molecule has 0 aromatic heterocycles. The van der Waals surface area contributed by atoms with Crippen molar-refractivity contribution in [3.63, 3.8) is 0 Å². The summed E-state index contributed by atoms with van der Waals surface area (Å²) in [5, 5.41) is 10.6. The highest BCUT2D eigenvalue weighted by Gasteiger charge is 2.60. The number of carbonyl (C=O) groups is 1. The average Bonchev–Trinajstić information content (AvgIpc) is 2.97. The molecule has 1 aliphatic heterocycles. The normalized spacial score (nSPS) is 47.0. The number of ketones is 1. The number of aliphatic hydroxyl groups excluding tert-OH is 1. The van der Waals surface area contributed by atoms with Crippen molar-refractivity contribution in [3.8, 4) is 0 Å².